The van der Waals surface area contributed by atoms with Crippen LogP contribution in [0.5, 0.6) is 0 Å². The van der Waals surface area contributed by atoms with Crippen molar-refractivity contribution < 1.29 is 0 Å². The predicted octanol–water partition coefficient (Wildman–Crippen LogP) is 20.4. The maximum atomic E-state index is 2.52. The van der Waals surface area contributed by atoms with Gasteiger partial charge < -0.3 is 0 Å². The molecule has 0 saturated carbocycles. The molecule has 16 aromatic rings. The van der Waals surface area contributed by atoms with E-state index in [0.717, 1.165) is 0 Å². The van der Waals surface area contributed by atoms with Crippen LogP contribution >= 0.6 is 0 Å². The second-order valence-electron chi connectivity index (χ2n) is 20.1. The molecule has 0 aromatic heterocycles. The van der Waals surface area contributed by atoms with Crippen molar-refractivity contribution >= 4 is 108 Å². The minimum Gasteiger partial charge on any atom is -0.0622 e. The van der Waals surface area contributed by atoms with Crippen LogP contribution in [0.2, 0.25) is 0 Å². The van der Waals surface area contributed by atoms with E-state index in [1.807, 2.05) is 0 Å². The third-order valence-electron chi connectivity index (χ3n) is 16.6. The van der Waals surface area contributed by atoms with Crippen molar-refractivity contribution in [3.05, 3.63) is 243 Å². The normalized spacial score (nSPS) is 12.4. The van der Waals surface area contributed by atoms with Crippen molar-refractivity contribution in [2.24, 2.45) is 0 Å². The van der Waals surface area contributed by atoms with Crippen molar-refractivity contribution in [3.63, 3.8) is 0 Å². The highest BCUT2D eigenvalue weighted by Gasteiger charge is 2.36. The minimum atomic E-state index is 1.21. The molecule has 0 radical (unpaired) electrons. The van der Waals surface area contributed by atoms with Crippen molar-refractivity contribution in [1.82, 2.24) is 0 Å². The summed E-state index contributed by atoms with van der Waals surface area (Å²) in [6.45, 7) is 0. The number of rotatable bonds is 4. The summed E-state index contributed by atoms with van der Waals surface area (Å²) in [6, 6.07) is 92.4. The van der Waals surface area contributed by atoms with Gasteiger partial charge in [-0.15, -0.1) is 0 Å². The van der Waals surface area contributed by atoms with Crippen LogP contribution in [0.3, 0.4) is 0 Å². The van der Waals surface area contributed by atoms with Gasteiger partial charge >= 0.3 is 0 Å². The lowest BCUT2D eigenvalue weighted by atomic mass is 9.74. The molecule has 0 spiro atoms. The Bertz CT molecular complexity index is 4970. The smallest absolute Gasteiger partial charge is 0.0000933 e. The Morgan fingerprint density at radius 3 is 1.07 bits per heavy atom. The van der Waals surface area contributed by atoms with Gasteiger partial charge in [0.15, 0.2) is 0 Å². The molecule has 16 aromatic carbocycles. The molecule has 328 valence electrons. The molecule has 1 aliphatic carbocycles. The van der Waals surface area contributed by atoms with Crippen molar-refractivity contribution in [2.45, 2.75) is 0 Å². The molecule has 0 heteroatoms. The van der Waals surface area contributed by atoms with Gasteiger partial charge in [0.05, 0.1) is 0 Å². The predicted molar refractivity (Wildman–Crippen MR) is 310 cm³/mol. The summed E-state index contributed by atoms with van der Waals surface area (Å²) in [6.07, 6.45) is 0. The van der Waals surface area contributed by atoms with Gasteiger partial charge in [-0.1, -0.05) is 237 Å². The second kappa shape index (κ2) is 14.1. The van der Waals surface area contributed by atoms with Crippen molar-refractivity contribution in [2.75, 3.05) is 0 Å². The van der Waals surface area contributed by atoms with Gasteiger partial charge in [0.2, 0.25) is 0 Å². The molecule has 0 aliphatic heterocycles. The average Bonchev–Trinajstić information content (AvgIpc) is 3.77. The highest BCUT2D eigenvalue weighted by atomic mass is 14.4. The highest BCUT2D eigenvalue weighted by molar-refractivity contribution is 6.40. The Balaban J connectivity index is 1.21. The molecule has 0 saturated heterocycles. The number of fused-ring (bicyclic) bond motifs is 7. The topological polar surface area (TPSA) is 0 Å². The first-order valence-corrected chi connectivity index (χ1v) is 25.2. The Morgan fingerprint density at radius 1 is 0.153 bits per heavy atom. The van der Waals surface area contributed by atoms with Gasteiger partial charge in [0.25, 0.3) is 0 Å². The lowest BCUT2D eigenvalue weighted by Gasteiger charge is -2.28. The molecule has 0 bridgehead atoms. The fraction of sp³-hybridized carbons (Fsp3) is 0. The van der Waals surface area contributed by atoms with E-state index in [9.17, 15) is 0 Å². The molecule has 0 amide bonds. The van der Waals surface area contributed by atoms with E-state index < -0.39 is 0 Å². The maximum Gasteiger partial charge on any atom is -0.0000933 e. The molecule has 0 atom stereocenters. The van der Waals surface area contributed by atoms with Crippen LogP contribution < -0.4 is 0 Å². The van der Waals surface area contributed by atoms with Gasteiger partial charge in [-0.2, -0.15) is 0 Å². The molecule has 0 fully saturated rings. The standard InChI is InChI=1S/C72H40/c1-3-14-41(15-4-1)64-52-24-9-10-25-53(52)65(42-16-5-2-6-17-42)72-68(57-39-35-48-31-29-44-20-12-22-46-33-37-55(57)63(48)61(44)46)70-59-40-49-18-7-8-23-50(49)51-26-13-27-58(66(51)59)69(70)67(71(64)72)56-38-34-47-30-28-43-19-11-21-45-32-36-54(56)62(47)60(43)45/h1-40H. The SMILES string of the molecule is c1ccc(-c2c3ccccc3c(-c3ccccc3)c3c(-c4ccc5ccc6cccc7ccc4c5c67)c4c(c(-c5ccc6ccc7cccc8ccc5c6c78)c23)-c2cccc3c2c-4cc2ccccc23)cc1. The fourth-order valence-corrected chi connectivity index (χ4v) is 13.8. The van der Waals surface area contributed by atoms with Gasteiger partial charge in [-0.3, -0.25) is 0 Å². The number of hydrogen-bond donors (Lipinski definition) is 0. The molecular formula is C72H40. The number of hydrogen-bond acceptors (Lipinski definition) is 0. The van der Waals surface area contributed by atoms with Crippen LogP contribution in [0.15, 0.2) is 243 Å². The molecule has 0 nitrogen and oxygen atoms in total. The van der Waals surface area contributed by atoms with E-state index >= 15 is 0 Å². The summed E-state index contributed by atoms with van der Waals surface area (Å²) >= 11 is 0. The lowest BCUT2D eigenvalue weighted by Crippen LogP contribution is -2.00. The quantitative estimate of drug-likeness (QED) is 0.122. The van der Waals surface area contributed by atoms with E-state index in [1.54, 1.807) is 0 Å². The van der Waals surface area contributed by atoms with Crippen LogP contribution in [-0.4, -0.2) is 0 Å². The molecule has 0 unspecified atom stereocenters. The van der Waals surface area contributed by atoms with Crippen molar-refractivity contribution in [3.8, 4) is 66.8 Å². The second-order valence-corrected chi connectivity index (χ2v) is 20.1. The van der Waals surface area contributed by atoms with Gasteiger partial charge in [0.1, 0.15) is 0 Å². The van der Waals surface area contributed by atoms with Crippen LogP contribution in [0.4, 0.5) is 0 Å². The Morgan fingerprint density at radius 2 is 0.542 bits per heavy atom. The molecular weight excluding hydrogens is 865 g/mol. The molecule has 17 rings (SSSR count). The summed E-state index contributed by atoms with van der Waals surface area (Å²) in [7, 11) is 0. The first-order valence-electron chi connectivity index (χ1n) is 25.2. The number of benzene rings is 16. The van der Waals surface area contributed by atoms with E-state index in [1.165, 1.54) is 174 Å². The summed E-state index contributed by atoms with van der Waals surface area (Å²) in [5, 5.41) is 25.7. The monoisotopic (exact) mass is 904 g/mol. The highest BCUT2D eigenvalue weighted by Crippen LogP contribution is 2.63. The van der Waals surface area contributed by atoms with Gasteiger partial charge in [-0.05, 0) is 181 Å². The summed E-state index contributed by atoms with van der Waals surface area (Å²) < 4.78 is 0. The van der Waals surface area contributed by atoms with E-state index in [2.05, 4.69) is 243 Å². The Kier molecular flexibility index (Phi) is 7.55. The Labute approximate surface area is 414 Å². The van der Waals surface area contributed by atoms with Crippen LogP contribution in [0, 0.1) is 0 Å². The van der Waals surface area contributed by atoms with E-state index in [0.29, 0.717) is 0 Å². The maximum absolute atomic E-state index is 2.52. The summed E-state index contributed by atoms with van der Waals surface area (Å²) in [4.78, 5) is 0. The van der Waals surface area contributed by atoms with Crippen molar-refractivity contribution in [1.29, 1.82) is 0 Å². The molecule has 72 heavy (non-hydrogen) atoms. The van der Waals surface area contributed by atoms with Crippen LogP contribution in [0.1, 0.15) is 0 Å². The fourth-order valence-electron chi connectivity index (χ4n) is 13.8. The molecule has 0 N–H and O–H groups in total. The first kappa shape index (κ1) is 38.5. The summed E-state index contributed by atoms with van der Waals surface area (Å²) in [5.74, 6) is 0. The largest absolute Gasteiger partial charge is 0.0622 e. The van der Waals surface area contributed by atoms with Gasteiger partial charge in [0, 0.05) is 0 Å². The van der Waals surface area contributed by atoms with Crippen LogP contribution in [0.25, 0.3) is 174 Å². The van der Waals surface area contributed by atoms with E-state index in [-0.39, 0.29) is 0 Å². The van der Waals surface area contributed by atoms with E-state index in [4.69, 9.17) is 0 Å². The third-order valence-corrected chi connectivity index (χ3v) is 16.6. The first-order chi connectivity index (χ1) is 35.8. The van der Waals surface area contributed by atoms with Crippen LogP contribution in [-0.2, 0) is 0 Å². The summed E-state index contributed by atoms with van der Waals surface area (Å²) in [5.41, 5.74) is 15.2. The zero-order valence-electron chi connectivity index (χ0n) is 39.1. The molecule has 0 heterocycles. The zero-order chi connectivity index (χ0) is 46.8. The average molecular weight is 905 g/mol. The zero-order valence-corrected chi connectivity index (χ0v) is 39.1. The minimum absolute atomic E-state index is 1.21. The van der Waals surface area contributed by atoms with Gasteiger partial charge in [-0.25, -0.2) is 0 Å². The molecule has 1 aliphatic rings. The lowest BCUT2D eigenvalue weighted by molar-refractivity contribution is 1.63. The third kappa shape index (κ3) is 4.95. The Hall–Kier alpha value is -9.36.